The maximum Gasteiger partial charge on any atom is 0.243 e. The Hall–Kier alpha value is -1.06. The van der Waals surface area contributed by atoms with Crippen molar-refractivity contribution >= 4 is 11.8 Å². The quantitative estimate of drug-likeness (QED) is 0.782. The fraction of sp³-hybridized carbons (Fsp3) is 0.833. The van der Waals surface area contributed by atoms with Gasteiger partial charge in [-0.3, -0.25) is 9.59 Å². The van der Waals surface area contributed by atoms with E-state index in [0.29, 0.717) is 0 Å². The van der Waals surface area contributed by atoms with Crippen LogP contribution in [0.3, 0.4) is 0 Å². The minimum Gasteiger partial charge on any atom is -0.345 e. The largest absolute Gasteiger partial charge is 0.345 e. The Kier molecular flexibility index (Phi) is 4.33. The molecule has 0 bridgehead atoms. The molecule has 0 spiro atoms. The molecule has 1 rings (SSSR count). The lowest BCUT2D eigenvalue weighted by Crippen LogP contribution is -2.62. The Bertz CT molecular complexity index is 250. The number of hydrogen-bond donors (Lipinski definition) is 1. The molecule has 1 fully saturated rings. The van der Waals surface area contributed by atoms with Gasteiger partial charge in [0.15, 0.2) is 0 Å². The molecule has 0 aromatic heterocycles. The van der Waals surface area contributed by atoms with Gasteiger partial charge in [0.2, 0.25) is 11.8 Å². The zero-order chi connectivity index (χ0) is 12.3. The highest BCUT2D eigenvalue weighted by Gasteiger charge is 2.39. The number of piperazine rings is 1. The van der Waals surface area contributed by atoms with Gasteiger partial charge in [-0.05, 0) is 19.3 Å². The predicted octanol–water partition coefficient (Wildman–Crippen LogP) is 1.16. The van der Waals surface area contributed by atoms with Gasteiger partial charge < -0.3 is 10.2 Å². The van der Waals surface area contributed by atoms with Crippen LogP contribution in [0.1, 0.15) is 40.5 Å². The molecule has 3 unspecified atom stereocenters. The molecular formula is C12H22N2O2. The SMILES string of the molecule is CCC(C)C1C(=O)NCC(=O)N1C(C)CC. The highest BCUT2D eigenvalue weighted by atomic mass is 16.2. The molecular weight excluding hydrogens is 204 g/mol. The Morgan fingerprint density at radius 1 is 1.31 bits per heavy atom. The standard InChI is InChI=1S/C12H22N2O2/c1-5-8(3)11-12(16)13-7-10(15)14(11)9(4)6-2/h8-9,11H,5-7H2,1-4H3,(H,13,16). The van der Waals surface area contributed by atoms with Gasteiger partial charge in [0.1, 0.15) is 6.04 Å². The summed E-state index contributed by atoms with van der Waals surface area (Å²) < 4.78 is 0. The average molecular weight is 226 g/mol. The first-order valence-corrected chi connectivity index (χ1v) is 6.11. The van der Waals surface area contributed by atoms with Crippen LogP contribution in [0.15, 0.2) is 0 Å². The Balaban J connectivity index is 2.94. The van der Waals surface area contributed by atoms with Crippen LogP contribution in [0.25, 0.3) is 0 Å². The smallest absolute Gasteiger partial charge is 0.243 e. The molecule has 0 aromatic rings. The molecule has 1 saturated heterocycles. The maximum atomic E-state index is 11.9. The molecule has 4 nitrogen and oxygen atoms in total. The van der Waals surface area contributed by atoms with E-state index in [0.717, 1.165) is 12.8 Å². The average Bonchev–Trinajstić information content (AvgIpc) is 2.29. The Morgan fingerprint density at radius 3 is 2.44 bits per heavy atom. The second-order valence-electron chi connectivity index (χ2n) is 4.61. The highest BCUT2D eigenvalue weighted by molar-refractivity contribution is 5.95. The zero-order valence-electron chi connectivity index (χ0n) is 10.6. The molecule has 2 amide bonds. The molecule has 0 radical (unpaired) electrons. The van der Waals surface area contributed by atoms with E-state index < -0.39 is 0 Å². The van der Waals surface area contributed by atoms with Crippen molar-refractivity contribution in [1.29, 1.82) is 0 Å². The number of rotatable bonds is 4. The molecule has 1 aliphatic rings. The lowest BCUT2D eigenvalue weighted by Gasteiger charge is -2.41. The van der Waals surface area contributed by atoms with Crippen molar-refractivity contribution in [3.8, 4) is 0 Å². The Labute approximate surface area is 97.4 Å². The second kappa shape index (κ2) is 5.32. The minimum absolute atomic E-state index is 0.00532. The van der Waals surface area contributed by atoms with Crippen LogP contribution < -0.4 is 5.32 Å². The summed E-state index contributed by atoms with van der Waals surface area (Å²) in [5.74, 6) is 0.242. The number of carbonyl (C=O) groups excluding carboxylic acids is 2. The van der Waals surface area contributed by atoms with E-state index in [-0.39, 0.29) is 36.4 Å². The van der Waals surface area contributed by atoms with Gasteiger partial charge in [0.25, 0.3) is 0 Å². The molecule has 1 aliphatic heterocycles. The molecule has 3 atom stereocenters. The van der Waals surface area contributed by atoms with Gasteiger partial charge in [0.05, 0.1) is 6.54 Å². The summed E-state index contributed by atoms with van der Waals surface area (Å²) in [7, 11) is 0. The van der Waals surface area contributed by atoms with Crippen LogP contribution in [0.4, 0.5) is 0 Å². The van der Waals surface area contributed by atoms with E-state index in [1.54, 1.807) is 4.90 Å². The van der Waals surface area contributed by atoms with Crippen LogP contribution in [0.5, 0.6) is 0 Å². The van der Waals surface area contributed by atoms with Crippen molar-refractivity contribution in [2.75, 3.05) is 6.54 Å². The summed E-state index contributed by atoms with van der Waals surface area (Å²) in [6.45, 7) is 8.27. The summed E-state index contributed by atoms with van der Waals surface area (Å²) in [4.78, 5) is 25.5. The van der Waals surface area contributed by atoms with Gasteiger partial charge in [-0.2, -0.15) is 0 Å². The third-order valence-corrected chi connectivity index (χ3v) is 3.52. The van der Waals surface area contributed by atoms with E-state index in [2.05, 4.69) is 5.32 Å². The van der Waals surface area contributed by atoms with Crippen molar-refractivity contribution in [2.24, 2.45) is 5.92 Å². The zero-order valence-corrected chi connectivity index (χ0v) is 10.6. The number of nitrogens with zero attached hydrogens (tertiary/aromatic N) is 1. The van der Waals surface area contributed by atoms with E-state index in [1.807, 2.05) is 27.7 Å². The highest BCUT2D eigenvalue weighted by Crippen LogP contribution is 2.21. The van der Waals surface area contributed by atoms with E-state index in [9.17, 15) is 9.59 Å². The third-order valence-electron chi connectivity index (χ3n) is 3.52. The van der Waals surface area contributed by atoms with Crippen LogP contribution >= 0.6 is 0 Å². The summed E-state index contributed by atoms with van der Waals surface area (Å²) in [6.07, 6.45) is 1.78. The topological polar surface area (TPSA) is 49.4 Å². The van der Waals surface area contributed by atoms with Gasteiger partial charge >= 0.3 is 0 Å². The molecule has 4 heteroatoms. The summed E-state index contributed by atoms with van der Waals surface area (Å²) in [6, 6.07) is -0.154. The summed E-state index contributed by atoms with van der Waals surface area (Å²) in [5.41, 5.74) is 0. The summed E-state index contributed by atoms with van der Waals surface area (Å²) >= 11 is 0. The van der Waals surface area contributed by atoms with Crippen LogP contribution in [-0.2, 0) is 9.59 Å². The van der Waals surface area contributed by atoms with Gasteiger partial charge in [-0.25, -0.2) is 0 Å². The first-order valence-electron chi connectivity index (χ1n) is 6.11. The van der Waals surface area contributed by atoms with Gasteiger partial charge in [-0.1, -0.05) is 27.2 Å². The maximum absolute atomic E-state index is 11.9. The van der Waals surface area contributed by atoms with Crippen LogP contribution in [-0.4, -0.2) is 35.3 Å². The van der Waals surface area contributed by atoms with Crippen molar-refractivity contribution in [2.45, 2.75) is 52.6 Å². The van der Waals surface area contributed by atoms with Crippen LogP contribution in [0, 0.1) is 5.92 Å². The van der Waals surface area contributed by atoms with Crippen molar-refractivity contribution in [3.05, 3.63) is 0 Å². The fourth-order valence-electron chi connectivity index (χ4n) is 2.11. The monoisotopic (exact) mass is 226 g/mol. The lowest BCUT2D eigenvalue weighted by atomic mass is 9.93. The Morgan fingerprint density at radius 2 is 1.94 bits per heavy atom. The van der Waals surface area contributed by atoms with Crippen LogP contribution in [0.2, 0.25) is 0 Å². The molecule has 16 heavy (non-hydrogen) atoms. The molecule has 1 heterocycles. The van der Waals surface area contributed by atoms with Crippen molar-refractivity contribution in [3.63, 3.8) is 0 Å². The van der Waals surface area contributed by atoms with Crippen molar-refractivity contribution < 1.29 is 9.59 Å². The first-order chi connectivity index (χ1) is 7.52. The summed E-state index contributed by atoms with van der Waals surface area (Å²) in [5, 5.41) is 2.68. The lowest BCUT2D eigenvalue weighted by molar-refractivity contribution is -0.150. The van der Waals surface area contributed by atoms with Gasteiger partial charge in [-0.15, -0.1) is 0 Å². The van der Waals surface area contributed by atoms with E-state index >= 15 is 0 Å². The third kappa shape index (κ3) is 2.36. The molecule has 0 saturated carbocycles. The molecule has 1 N–H and O–H groups in total. The van der Waals surface area contributed by atoms with Crippen molar-refractivity contribution in [1.82, 2.24) is 10.2 Å². The normalized spacial score (nSPS) is 25.2. The molecule has 0 aromatic carbocycles. The van der Waals surface area contributed by atoms with E-state index in [4.69, 9.17) is 0 Å². The van der Waals surface area contributed by atoms with Gasteiger partial charge in [0, 0.05) is 6.04 Å². The fourth-order valence-corrected chi connectivity index (χ4v) is 2.11. The molecule has 0 aliphatic carbocycles. The number of amides is 2. The number of hydrogen-bond acceptors (Lipinski definition) is 2. The number of nitrogens with one attached hydrogen (secondary N) is 1. The number of carbonyl (C=O) groups is 2. The predicted molar refractivity (Wildman–Crippen MR) is 62.9 cm³/mol. The minimum atomic E-state index is -0.291. The van der Waals surface area contributed by atoms with E-state index in [1.165, 1.54) is 0 Å². The second-order valence-corrected chi connectivity index (χ2v) is 4.61. The molecule has 92 valence electrons. The first kappa shape index (κ1) is 13.0.